The SMILES string of the molecule is CC(C)=CC(=O)N[C@@H](CCC(=O)O)C(=O)O. The Labute approximate surface area is 93.0 Å². The molecule has 0 aromatic heterocycles. The van der Waals surface area contributed by atoms with Gasteiger partial charge in [0.1, 0.15) is 6.04 Å². The van der Waals surface area contributed by atoms with Crippen LogP contribution in [-0.2, 0) is 14.4 Å². The average molecular weight is 229 g/mol. The summed E-state index contributed by atoms with van der Waals surface area (Å²) in [6.07, 6.45) is 0.829. The Hall–Kier alpha value is -1.85. The molecule has 0 saturated heterocycles. The van der Waals surface area contributed by atoms with E-state index < -0.39 is 23.9 Å². The maximum absolute atomic E-state index is 11.2. The van der Waals surface area contributed by atoms with E-state index in [2.05, 4.69) is 5.32 Å². The fourth-order valence-corrected chi connectivity index (χ4v) is 1.00. The van der Waals surface area contributed by atoms with E-state index in [1.54, 1.807) is 13.8 Å². The number of carbonyl (C=O) groups excluding carboxylic acids is 1. The maximum Gasteiger partial charge on any atom is 0.326 e. The van der Waals surface area contributed by atoms with Gasteiger partial charge in [-0.15, -0.1) is 0 Å². The molecule has 0 unspecified atom stereocenters. The van der Waals surface area contributed by atoms with Crippen LogP contribution in [0.2, 0.25) is 0 Å². The van der Waals surface area contributed by atoms with Gasteiger partial charge in [0.05, 0.1) is 0 Å². The number of aliphatic carboxylic acids is 2. The highest BCUT2D eigenvalue weighted by molar-refractivity contribution is 5.91. The van der Waals surface area contributed by atoms with Crippen LogP contribution in [0.3, 0.4) is 0 Å². The predicted molar refractivity (Wildman–Crippen MR) is 55.9 cm³/mol. The number of carboxylic acids is 2. The predicted octanol–water partition coefficient (Wildman–Crippen LogP) is 0.387. The van der Waals surface area contributed by atoms with E-state index in [1.807, 2.05) is 0 Å². The molecule has 0 aliphatic carbocycles. The van der Waals surface area contributed by atoms with Crippen molar-refractivity contribution >= 4 is 17.8 Å². The van der Waals surface area contributed by atoms with Gasteiger partial charge in [0.25, 0.3) is 0 Å². The highest BCUT2D eigenvalue weighted by Gasteiger charge is 2.19. The highest BCUT2D eigenvalue weighted by Crippen LogP contribution is 1.99. The monoisotopic (exact) mass is 229 g/mol. The van der Waals surface area contributed by atoms with E-state index >= 15 is 0 Å². The van der Waals surface area contributed by atoms with Crippen LogP contribution < -0.4 is 5.32 Å². The molecule has 0 rings (SSSR count). The third-order valence-corrected chi connectivity index (χ3v) is 1.68. The molecule has 1 atom stereocenters. The summed E-state index contributed by atoms with van der Waals surface area (Å²) >= 11 is 0. The van der Waals surface area contributed by atoms with Gasteiger partial charge in [0.2, 0.25) is 5.91 Å². The lowest BCUT2D eigenvalue weighted by Crippen LogP contribution is -2.40. The molecule has 6 heteroatoms. The summed E-state index contributed by atoms with van der Waals surface area (Å²) in [5.74, 6) is -2.86. The lowest BCUT2D eigenvalue weighted by Gasteiger charge is -2.11. The number of allylic oxidation sites excluding steroid dienone is 1. The number of amides is 1. The van der Waals surface area contributed by atoms with Crippen molar-refractivity contribution in [1.82, 2.24) is 5.32 Å². The molecule has 0 aromatic rings. The molecular formula is C10H15NO5. The van der Waals surface area contributed by atoms with Crippen molar-refractivity contribution in [3.8, 4) is 0 Å². The minimum Gasteiger partial charge on any atom is -0.481 e. The molecular weight excluding hydrogens is 214 g/mol. The van der Waals surface area contributed by atoms with Crippen molar-refractivity contribution in [1.29, 1.82) is 0 Å². The molecule has 0 fully saturated rings. The standard InChI is InChI=1S/C10H15NO5/c1-6(2)5-8(12)11-7(10(15)16)3-4-9(13)14/h5,7H,3-4H2,1-2H3,(H,11,12)(H,13,14)(H,15,16)/t7-/m0/s1. The van der Waals surface area contributed by atoms with Gasteiger partial charge in [-0.25, -0.2) is 4.79 Å². The molecule has 0 aliphatic heterocycles. The molecule has 0 heterocycles. The topological polar surface area (TPSA) is 104 Å². The van der Waals surface area contributed by atoms with Crippen LogP contribution in [0.1, 0.15) is 26.7 Å². The lowest BCUT2D eigenvalue weighted by atomic mass is 10.1. The van der Waals surface area contributed by atoms with Crippen molar-refractivity contribution in [2.75, 3.05) is 0 Å². The normalized spacial score (nSPS) is 11.4. The number of carbonyl (C=O) groups is 3. The van der Waals surface area contributed by atoms with E-state index in [1.165, 1.54) is 6.08 Å². The van der Waals surface area contributed by atoms with Crippen molar-refractivity contribution in [2.45, 2.75) is 32.7 Å². The molecule has 90 valence electrons. The molecule has 0 saturated carbocycles. The van der Waals surface area contributed by atoms with Gasteiger partial charge < -0.3 is 15.5 Å². The first-order chi connectivity index (χ1) is 7.32. The van der Waals surface area contributed by atoms with E-state index in [-0.39, 0.29) is 12.8 Å². The fourth-order valence-electron chi connectivity index (χ4n) is 1.00. The minimum absolute atomic E-state index is 0.132. The van der Waals surface area contributed by atoms with Gasteiger partial charge in [0, 0.05) is 12.5 Å². The minimum atomic E-state index is -1.24. The van der Waals surface area contributed by atoms with E-state index in [0.29, 0.717) is 0 Å². The Morgan fingerprint density at radius 2 is 1.81 bits per heavy atom. The van der Waals surface area contributed by atoms with Crippen LogP contribution in [0.25, 0.3) is 0 Å². The Morgan fingerprint density at radius 3 is 2.19 bits per heavy atom. The second kappa shape index (κ2) is 6.60. The molecule has 0 aromatic carbocycles. The Morgan fingerprint density at radius 1 is 1.25 bits per heavy atom. The maximum atomic E-state index is 11.2. The van der Waals surface area contributed by atoms with E-state index in [0.717, 1.165) is 5.57 Å². The molecule has 16 heavy (non-hydrogen) atoms. The molecule has 0 radical (unpaired) electrons. The van der Waals surface area contributed by atoms with Crippen LogP contribution >= 0.6 is 0 Å². The zero-order chi connectivity index (χ0) is 12.7. The zero-order valence-electron chi connectivity index (χ0n) is 9.19. The number of carboxylic acid groups (broad SMARTS) is 2. The summed E-state index contributed by atoms with van der Waals surface area (Å²) in [4.78, 5) is 32.2. The summed E-state index contributed by atoms with van der Waals surface area (Å²) in [5.41, 5.74) is 0.736. The van der Waals surface area contributed by atoms with Gasteiger partial charge >= 0.3 is 11.9 Å². The van der Waals surface area contributed by atoms with Crippen molar-refractivity contribution in [3.05, 3.63) is 11.6 Å². The zero-order valence-corrected chi connectivity index (χ0v) is 9.19. The smallest absolute Gasteiger partial charge is 0.326 e. The van der Waals surface area contributed by atoms with Crippen LogP contribution in [0.15, 0.2) is 11.6 Å². The van der Waals surface area contributed by atoms with Crippen molar-refractivity contribution < 1.29 is 24.6 Å². The van der Waals surface area contributed by atoms with Gasteiger partial charge in [-0.2, -0.15) is 0 Å². The van der Waals surface area contributed by atoms with Gasteiger partial charge in [-0.1, -0.05) is 5.57 Å². The summed E-state index contributed by atoms with van der Waals surface area (Å²) in [7, 11) is 0. The summed E-state index contributed by atoms with van der Waals surface area (Å²) in [6.45, 7) is 3.40. The number of rotatable bonds is 6. The van der Waals surface area contributed by atoms with Crippen molar-refractivity contribution in [2.24, 2.45) is 0 Å². The van der Waals surface area contributed by atoms with Crippen LogP contribution in [0.4, 0.5) is 0 Å². The Kier molecular flexibility index (Phi) is 5.84. The molecule has 6 nitrogen and oxygen atoms in total. The third-order valence-electron chi connectivity index (χ3n) is 1.68. The summed E-state index contributed by atoms with van der Waals surface area (Å²) < 4.78 is 0. The number of hydrogen-bond acceptors (Lipinski definition) is 3. The number of hydrogen-bond donors (Lipinski definition) is 3. The van der Waals surface area contributed by atoms with Gasteiger partial charge in [-0.3, -0.25) is 9.59 Å². The molecule has 3 N–H and O–H groups in total. The Balaban J connectivity index is 4.34. The first kappa shape index (κ1) is 14.2. The average Bonchev–Trinajstić information content (AvgIpc) is 2.09. The van der Waals surface area contributed by atoms with Gasteiger partial charge in [-0.05, 0) is 20.3 Å². The molecule has 1 amide bonds. The molecule has 0 bridgehead atoms. The second-order valence-corrected chi connectivity index (χ2v) is 3.55. The highest BCUT2D eigenvalue weighted by atomic mass is 16.4. The van der Waals surface area contributed by atoms with Crippen LogP contribution in [-0.4, -0.2) is 34.1 Å². The van der Waals surface area contributed by atoms with Gasteiger partial charge in [0.15, 0.2) is 0 Å². The summed E-state index contributed by atoms with van der Waals surface area (Å²) in [5, 5.41) is 19.4. The van der Waals surface area contributed by atoms with E-state index in [9.17, 15) is 14.4 Å². The van der Waals surface area contributed by atoms with E-state index in [4.69, 9.17) is 10.2 Å². The van der Waals surface area contributed by atoms with Crippen LogP contribution in [0, 0.1) is 0 Å². The molecule has 0 spiro atoms. The Bertz CT molecular complexity index is 317. The summed E-state index contributed by atoms with van der Waals surface area (Å²) in [6, 6.07) is -1.17. The molecule has 0 aliphatic rings. The largest absolute Gasteiger partial charge is 0.481 e. The first-order valence-corrected chi connectivity index (χ1v) is 4.73. The third kappa shape index (κ3) is 6.58. The second-order valence-electron chi connectivity index (χ2n) is 3.55. The first-order valence-electron chi connectivity index (χ1n) is 4.73. The van der Waals surface area contributed by atoms with Crippen LogP contribution in [0.5, 0.6) is 0 Å². The lowest BCUT2D eigenvalue weighted by molar-refractivity contribution is -0.142. The number of nitrogens with one attached hydrogen (secondary N) is 1. The van der Waals surface area contributed by atoms with Crippen molar-refractivity contribution in [3.63, 3.8) is 0 Å². The quantitative estimate of drug-likeness (QED) is 0.571. The fraction of sp³-hybridized carbons (Fsp3) is 0.500.